The summed E-state index contributed by atoms with van der Waals surface area (Å²) in [6, 6.07) is 7.65. The van der Waals surface area contributed by atoms with E-state index in [2.05, 4.69) is 15.3 Å². The first-order valence-corrected chi connectivity index (χ1v) is 8.94. The molecule has 1 heterocycles. The lowest BCUT2D eigenvalue weighted by molar-refractivity contribution is -0.116. The minimum atomic E-state index is -0.443. The lowest BCUT2D eigenvalue weighted by Crippen LogP contribution is -2.58. The predicted octanol–water partition coefficient (Wildman–Crippen LogP) is 2.54. The molecule has 1 aromatic rings. The van der Waals surface area contributed by atoms with Crippen LogP contribution in [0.2, 0.25) is 0 Å². The Morgan fingerprint density at radius 2 is 1.88 bits per heavy atom. The number of nitrogens with one attached hydrogen (secondary N) is 1. The Bertz CT molecular complexity index is 688. The molecule has 1 aliphatic carbocycles. The molecule has 0 atom stereocenters. The molecule has 25 heavy (non-hydrogen) atoms. The van der Waals surface area contributed by atoms with Crippen molar-refractivity contribution in [1.82, 2.24) is 0 Å². The molecule has 1 spiro atoms. The smallest absolute Gasteiger partial charge is 0.224 e. The van der Waals surface area contributed by atoms with Crippen LogP contribution in [0.5, 0.6) is 0 Å². The van der Waals surface area contributed by atoms with E-state index in [0.29, 0.717) is 12.4 Å². The maximum absolute atomic E-state index is 11.7. The third-order valence-corrected chi connectivity index (χ3v) is 4.74. The number of hydrogen-bond acceptors (Lipinski definition) is 6. The van der Waals surface area contributed by atoms with Gasteiger partial charge in [0.05, 0.1) is 0 Å². The summed E-state index contributed by atoms with van der Waals surface area (Å²) >= 11 is 0. The van der Waals surface area contributed by atoms with Gasteiger partial charge in [-0.3, -0.25) is 9.69 Å². The molecule has 1 aromatic carbocycles. The van der Waals surface area contributed by atoms with Gasteiger partial charge in [-0.05, 0) is 56.4 Å². The fraction of sp³-hybridized carbons (Fsp3) is 0.500. The maximum atomic E-state index is 11.7. The van der Waals surface area contributed by atoms with E-state index in [1.54, 1.807) is 0 Å². The lowest BCUT2D eigenvalue weighted by Gasteiger charge is -2.45. The van der Waals surface area contributed by atoms with Crippen LogP contribution in [0.15, 0.2) is 34.3 Å². The van der Waals surface area contributed by atoms with Gasteiger partial charge in [0.2, 0.25) is 17.8 Å². The van der Waals surface area contributed by atoms with E-state index in [9.17, 15) is 4.79 Å². The monoisotopic (exact) mass is 342 g/mol. The van der Waals surface area contributed by atoms with Gasteiger partial charge in [-0.15, -0.1) is 0 Å². The molecule has 3 rings (SSSR count). The lowest BCUT2D eigenvalue weighted by atomic mass is 9.87. The van der Waals surface area contributed by atoms with Crippen molar-refractivity contribution in [2.75, 3.05) is 10.2 Å². The van der Waals surface area contributed by atoms with Gasteiger partial charge in [0.15, 0.2) is 0 Å². The first kappa shape index (κ1) is 17.3. The van der Waals surface area contributed by atoms with Crippen LogP contribution in [0, 0.1) is 0 Å². The Kier molecular flexibility index (Phi) is 4.92. The second kappa shape index (κ2) is 7.13. The molecule has 1 amide bonds. The number of carbonyl (C=O) groups is 1. The van der Waals surface area contributed by atoms with E-state index < -0.39 is 5.66 Å². The van der Waals surface area contributed by atoms with E-state index in [4.69, 9.17) is 11.5 Å². The van der Waals surface area contributed by atoms with Gasteiger partial charge in [0, 0.05) is 17.8 Å². The van der Waals surface area contributed by atoms with Crippen molar-refractivity contribution in [3.05, 3.63) is 24.3 Å². The fourth-order valence-electron chi connectivity index (χ4n) is 3.64. The number of benzene rings is 1. The molecule has 1 aliphatic heterocycles. The van der Waals surface area contributed by atoms with E-state index in [1.165, 1.54) is 6.42 Å². The number of nitrogens with two attached hydrogens (primary N) is 2. The van der Waals surface area contributed by atoms with Gasteiger partial charge < -0.3 is 16.8 Å². The number of aliphatic imine (C=N–C) groups is 2. The Morgan fingerprint density at radius 1 is 1.20 bits per heavy atom. The average molecular weight is 342 g/mol. The number of rotatable bonds is 4. The van der Waals surface area contributed by atoms with Crippen LogP contribution in [0.1, 0.15) is 51.9 Å². The quantitative estimate of drug-likeness (QED) is 0.781. The minimum Gasteiger partial charge on any atom is -0.369 e. The van der Waals surface area contributed by atoms with Crippen molar-refractivity contribution in [2.45, 2.75) is 57.5 Å². The van der Waals surface area contributed by atoms with E-state index in [1.807, 2.05) is 36.1 Å². The number of amides is 1. The van der Waals surface area contributed by atoms with E-state index in [-0.39, 0.29) is 11.9 Å². The molecule has 0 radical (unpaired) electrons. The molecule has 1 fully saturated rings. The normalized spacial score (nSPS) is 19.3. The summed E-state index contributed by atoms with van der Waals surface area (Å²) in [7, 11) is 0. The van der Waals surface area contributed by atoms with E-state index >= 15 is 0 Å². The molecule has 0 saturated heterocycles. The SMILES string of the molecule is CCCC(=O)Nc1ccc(N2C(N)=NC(N)=NC23CCCCC3)cc1. The van der Waals surface area contributed by atoms with Crippen molar-refractivity contribution < 1.29 is 4.79 Å². The number of guanidine groups is 2. The molecule has 134 valence electrons. The van der Waals surface area contributed by atoms with Crippen LogP contribution in [-0.4, -0.2) is 23.5 Å². The predicted molar refractivity (Wildman–Crippen MR) is 102 cm³/mol. The van der Waals surface area contributed by atoms with Crippen LogP contribution in [0.25, 0.3) is 0 Å². The molecule has 5 N–H and O–H groups in total. The largest absolute Gasteiger partial charge is 0.369 e. The first-order chi connectivity index (χ1) is 12.0. The van der Waals surface area contributed by atoms with Gasteiger partial charge >= 0.3 is 0 Å². The average Bonchev–Trinajstić information content (AvgIpc) is 2.56. The number of hydrogen-bond donors (Lipinski definition) is 3. The number of nitrogens with zero attached hydrogens (tertiary/aromatic N) is 3. The van der Waals surface area contributed by atoms with Crippen molar-refractivity contribution in [3.8, 4) is 0 Å². The van der Waals surface area contributed by atoms with Crippen LogP contribution < -0.4 is 21.7 Å². The zero-order valence-electron chi connectivity index (χ0n) is 14.7. The molecule has 2 aliphatic rings. The van der Waals surface area contributed by atoms with E-state index in [0.717, 1.165) is 43.5 Å². The zero-order valence-corrected chi connectivity index (χ0v) is 14.7. The third-order valence-electron chi connectivity index (χ3n) is 4.74. The summed E-state index contributed by atoms with van der Waals surface area (Å²) in [6.45, 7) is 1.98. The topological polar surface area (TPSA) is 109 Å². The van der Waals surface area contributed by atoms with Crippen LogP contribution in [-0.2, 0) is 4.79 Å². The van der Waals surface area contributed by atoms with Crippen LogP contribution in [0.3, 0.4) is 0 Å². The highest BCUT2D eigenvalue weighted by molar-refractivity contribution is 6.05. The molecular weight excluding hydrogens is 316 g/mol. The second-order valence-corrected chi connectivity index (χ2v) is 6.66. The summed E-state index contributed by atoms with van der Waals surface area (Å²) in [5.74, 6) is 0.645. The Hall–Kier alpha value is -2.57. The third kappa shape index (κ3) is 3.60. The Labute approximate surface area is 148 Å². The van der Waals surface area contributed by atoms with Gasteiger partial charge in [-0.2, -0.15) is 4.99 Å². The summed E-state index contributed by atoms with van der Waals surface area (Å²) in [5.41, 5.74) is 13.3. The molecule has 0 aromatic heterocycles. The van der Waals surface area contributed by atoms with Crippen molar-refractivity contribution >= 4 is 29.2 Å². The van der Waals surface area contributed by atoms with Gasteiger partial charge in [-0.25, -0.2) is 4.99 Å². The Morgan fingerprint density at radius 3 is 2.52 bits per heavy atom. The summed E-state index contributed by atoms with van der Waals surface area (Å²) in [6.07, 6.45) is 6.52. The molecule has 0 unspecified atom stereocenters. The molecular formula is C18H26N6O. The number of carbonyl (C=O) groups excluding carboxylic acids is 1. The standard InChI is InChI=1S/C18H26N6O/c1-2-6-15(25)21-13-7-9-14(10-8-13)24-17(20)22-16(19)23-18(24)11-4-3-5-12-18/h7-10H,2-6,11-12H2,1H3,(H,21,25)(H4,19,20,22,23). The summed E-state index contributed by atoms with van der Waals surface area (Å²) < 4.78 is 0. The van der Waals surface area contributed by atoms with Crippen LogP contribution in [0.4, 0.5) is 11.4 Å². The van der Waals surface area contributed by atoms with Crippen molar-refractivity contribution in [2.24, 2.45) is 21.5 Å². The molecule has 7 nitrogen and oxygen atoms in total. The minimum absolute atomic E-state index is 0.0235. The Balaban J connectivity index is 1.86. The summed E-state index contributed by atoms with van der Waals surface area (Å²) in [5, 5.41) is 2.90. The zero-order chi connectivity index (χ0) is 17.9. The molecule has 1 saturated carbocycles. The number of anilines is 2. The van der Waals surface area contributed by atoms with Crippen molar-refractivity contribution in [3.63, 3.8) is 0 Å². The second-order valence-electron chi connectivity index (χ2n) is 6.66. The highest BCUT2D eigenvalue weighted by Gasteiger charge is 2.42. The molecule has 7 heteroatoms. The fourth-order valence-corrected chi connectivity index (χ4v) is 3.64. The highest BCUT2D eigenvalue weighted by atomic mass is 16.1. The van der Waals surface area contributed by atoms with Gasteiger partial charge in [-0.1, -0.05) is 13.3 Å². The van der Waals surface area contributed by atoms with Crippen LogP contribution >= 0.6 is 0 Å². The van der Waals surface area contributed by atoms with Gasteiger partial charge in [0.1, 0.15) is 5.66 Å². The van der Waals surface area contributed by atoms with Crippen molar-refractivity contribution in [1.29, 1.82) is 0 Å². The molecule has 0 bridgehead atoms. The highest BCUT2D eigenvalue weighted by Crippen LogP contribution is 2.39. The first-order valence-electron chi connectivity index (χ1n) is 8.94. The maximum Gasteiger partial charge on any atom is 0.224 e. The summed E-state index contributed by atoms with van der Waals surface area (Å²) in [4.78, 5) is 22.5. The van der Waals surface area contributed by atoms with Gasteiger partial charge in [0.25, 0.3) is 0 Å².